The zero-order chi connectivity index (χ0) is 19.4. The Labute approximate surface area is 160 Å². The summed E-state index contributed by atoms with van der Waals surface area (Å²) in [4.78, 5) is 25.1. The van der Waals surface area contributed by atoms with Gasteiger partial charge in [-0.1, -0.05) is 36.4 Å². The highest BCUT2D eigenvalue weighted by Gasteiger charge is 2.51. The Hall–Kier alpha value is -2.62. The van der Waals surface area contributed by atoms with Crippen molar-refractivity contribution >= 4 is 17.5 Å². The van der Waals surface area contributed by atoms with Crippen molar-refractivity contribution in [2.24, 2.45) is 5.41 Å². The van der Waals surface area contributed by atoms with Crippen molar-refractivity contribution in [3.05, 3.63) is 64.8 Å². The lowest BCUT2D eigenvalue weighted by Crippen LogP contribution is -2.38. The van der Waals surface area contributed by atoms with Crippen molar-refractivity contribution in [2.75, 3.05) is 14.2 Å². The van der Waals surface area contributed by atoms with Crippen LogP contribution < -0.4 is 0 Å². The second-order valence-corrected chi connectivity index (χ2v) is 7.03. The molecule has 0 aromatic heterocycles. The first-order valence-corrected chi connectivity index (χ1v) is 9.40. The highest BCUT2D eigenvalue weighted by molar-refractivity contribution is 6.04. The number of esters is 2. The number of hydrogen-bond donors (Lipinski definition) is 0. The largest absolute Gasteiger partial charge is 0.468 e. The maximum Gasteiger partial charge on any atom is 0.327 e. The fourth-order valence-electron chi connectivity index (χ4n) is 4.19. The van der Waals surface area contributed by atoms with Crippen LogP contribution in [0.5, 0.6) is 0 Å². The van der Waals surface area contributed by atoms with E-state index in [2.05, 4.69) is 12.1 Å². The predicted molar refractivity (Wildman–Crippen MR) is 105 cm³/mol. The summed E-state index contributed by atoms with van der Waals surface area (Å²) in [6.07, 6.45) is 8.23. The average Bonchev–Trinajstić information content (AvgIpc) is 3.14. The minimum atomic E-state index is -1.40. The number of rotatable bonds is 4. The van der Waals surface area contributed by atoms with Gasteiger partial charge in [0.25, 0.3) is 0 Å². The van der Waals surface area contributed by atoms with E-state index in [-0.39, 0.29) is 6.42 Å². The highest BCUT2D eigenvalue weighted by Crippen LogP contribution is 2.48. The lowest BCUT2D eigenvalue weighted by Gasteiger charge is -2.22. The molecule has 0 heterocycles. The van der Waals surface area contributed by atoms with Gasteiger partial charge in [-0.3, -0.25) is 9.59 Å². The Morgan fingerprint density at radius 2 is 1.56 bits per heavy atom. The van der Waals surface area contributed by atoms with E-state index in [0.29, 0.717) is 0 Å². The molecule has 27 heavy (non-hydrogen) atoms. The summed E-state index contributed by atoms with van der Waals surface area (Å²) < 4.78 is 9.95. The van der Waals surface area contributed by atoms with E-state index in [1.54, 1.807) is 6.08 Å². The molecule has 0 bridgehead atoms. The van der Waals surface area contributed by atoms with Gasteiger partial charge in [0.1, 0.15) is 0 Å². The zero-order valence-electron chi connectivity index (χ0n) is 16.2. The van der Waals surface area contributed by atoms with Crippen molar-refractivity contribution in [3.63, 3.8) is 0 Å². The van der Waals surface area contributed by atoms with Gasteiger partial charge in [0.15, 0.2) is 5.41 Å². The molecule has 0 aliphatic heterocycles. The first-order valence-electron chi connectivity index (χ1n) is 9.40. The summed E-state index contributed by atoms with van der Waals surface area (Å²) in [5, 5.41) is 0. The summed E-state index contributed by atoms with van der Waals surface area (Å²) in [5.74, 6) is -1.14. The van der Waals surface area contributed by atoms with Gasteiger partial charge < -0.3 is 9.47 Å². The molecule has 0 saturated heterocycles. The third kappa shape index (κ3) is 3.36. The monoisotopic (exact) mass is 366 g/mol. The Bertz CT molecular complexity index is 811. The molecule has 1 aromatic rings. The van der Waals surface area contributed by atoms with E-state index in [1.165, 1.54) is 30.9 Å². The maximum atomic E-state index is 12.6. The molecule has 0 amide bonds. The fraction of sp³-hybridized carbons (Fsp3) is 0.391. The molecule has 2 aliphatic carbocycles. The van der Waals surface area contributed by atoms with Crippen molar-refractivity contribution in [2.45, 2.75) is 39.0 Å². The van der Waals surface area contributed by atoms with Gasteiger partial charge in [0.2, 0.25) is 0 Å². The minimum Gasteiger partial charge on any atom is -0.468 e. The van der Waals surface area contributed by atoms with Gasteiger partial charge in [-0.15, -0.1) is 0 Å². The minimum absolute atomic E-state index is 0.281. The molecule has 0 N–H and O–H groups in total. The van der Waals surface area contributed by atoms with Gasteiger partial charge in [0.05, 0.1) is 14.2 Å². The van der Waals surface area contributed by atoms with Crippen molar-refractivity contribution in [1.82, 2.24) is 0 Å². The third-order valence-corrected chi connectivity index (χ3v) is 5.57. The van der Waals surface area contributed by atoms with E-state index in [9.17, 15) is 9.59 Å². The molecule has 0 radical (unpaired) electrons. The second-order valence-electron chi connectivity index (χ2n) is 7.03. The van der Waals surface area contributed by atoms with Crippen LogP contribution in [0.15, 0.2) is 59.2 Å². The molecule has 0 saturated carbocycles. The topological polar surface area (TPSA) is 52.6 Å². The van der Waals surface area contributed by atoms with E-state index in [4.69, 9.17) is 9.47 Å². The number of benzene rings is 1. The van der Waals surface area contributed by atoms with E-state index >= 15 is 0 Å². The zero-order valence-corrected chi connectivity index (χ0v) is 16.2. The maximum absolute atomic E-state index is 12.6. The van der Waals surface area contributed by atoms with Gasteiger partial charge >= 0.3 is 11.9 Å². The first-order chi connectivity index (χ1) is 13.1. The molecule has 0 unspecified atom stereocenters. The number of carbonyl (C=O) groups is 2. The third-order valence-electron chi connectivity index (χ3n) is 5.57. The molecule has 2 aliphatic rings. The van der Waals surface area contributed by atoms with Crippen LogP contribution in [0.2, 0.25) is 0 Å². The standard InChI is InChI=1S/C23H26O4/c1-4-16-14-23(21(24)26-2,22(25)27-3)15-20(16)19-13-9-8-12-18(19)17-10-6-5-7-11-17/h4-7,10-11,15H,8-9,12-14H2,1-3H3/b16-4+. The number of ether oxygens (including phenoxy) is 2. The Morgan fingerprint density at radius 1 is 0.963 bits per heavy atom. The highest BCUT2D eigenvalue weighted by atomic mass is 16.5. The number of carbonyl (C=O) groups excluding carboxylic acids is 2. The van der Waals surface area contributed by atoms with Crippen LogP contribution in [-0.2, 0) is 19.1 Å². The predicted octanol–water partition coefficient (Wildman–Crippen LogP) is 4.62. The Kier molecular flexibility index (Phi) is 5.64. The molecule has 4 nitrogen and oxygen atoms in total. The smallest absolute Gasteiger partial charge is 0.327 e. The number of hydrogen-bond acceptors (Lipinski definition) is 4. The van der Waals surface area contributed by atoms with Crippen LogP contribution in [0, 0.1) is 5.41 Å². The van der Waals surface area contributed by atoms with Crippen LogP contribution in [0.1, 0.15) is 44.6 Å². The van der Waals surface area contributed by atoms with Crippen LogP contribution in [-0.4, -0.2) is 26.2 Å². The van der Waals surface area contributed by atoms with E-state index < -0.39 is 17.4 Å². The molecule has 0 spiro atoms. The van der Waals surface area contributed by atoms with Crippen molar-refractivity contribution in [1.29, 1.82) is 0 Å². The Morgan fingerprint density at radius 3 is 2.11 bits per heavy atom. The van der Waals surface area contributed by atoms with Crippen molar-refractivity contribution in [3.8, 4) is 0 Å². The average molecular weight is 366 g/mol. The van der Waals surface area contributed by atoms with Gasteiger partial charge in [-0.2, -0.15) is 0 Å². The fourth-order valence-corrected chi connectivity index (χ4v) is 4.19. The van der Waals surface area contributed by atoms with Crippen LogP contribution in [0.4, 0.5) is 0 Å². The molecule has 0 fully saturated rings. The van der Waals surface area contributed by atoms with E-state index in [0.717, 1.165) is 36.8 Å². The van der Waals surface area contributed by atoms with Crippen LogP contribution >= 0.6 is 0 Å². The number of allylic oxidation sites excluding steroid dienone is 5. The Balaban J connectivity index is 2.18. The van der Waals surface area contributed by atoms with Crippen LogP contribution in [0.25, 0.3) is 5.57 Å². The summed E-state index contributed by atoms with van der Waals surface area (Å²) in [7, 11) is 2.62. The normalized spacial score (nSPS) is 20.4. The summed E-state index contributed by atoms with van der Waals surface area (Å²) in [5.41, 5.74) is 4.33. The molecule has 3 rings (SSSR count). The van der Waals surface area contributed by atoms with Gasteiger partial charge in [-0.05, 0) is 66.5 Å². The summed E-state index contributed by atoms with van der Waals surface area (Å²) in [6.45, 7) is 1.94. The molecular formula is C23H26O4. The molecule has 4 heteroatoms. The molecule has 142 valence electrons. The van der Waals surface area contributed by atoms with Gasteiger partial charge in [-0.25, -0.2) is 0 Å². The quantitative estimate of drug-likeness (QED) is 0.576. The summed E-state index contributed by atoms with van der Waals surface area (Å²) in [6, 6.07) is 10.3. The summed E-state index contributed by atoms with van der Waals surface area (Å²) >= 11 is 0. The molecule has 0 atom stereocenters. The van der Waals surface area contributed by atoms with Crippen molar-refractivity contribution < 1.29 is 19.1 Å². The molecular weight excluding hydrogens is 340 g/mol. The number of methoxy groups -OCH3 is 2. The van der Waals surface area contributed by atoms with Crippen LogP contribution in [0.3, 0.4) is 0 Å². The second kappa shape index (κ2) is 7.95. The van der Waals surface area contributed by atoms with Gasteiger partial charge in [0, 0.05) is 6.42 Å². The lowest BCUT2D eigenvalue weighted by molar-refractivity contribution is -0.164. The first kappa shape index (κ1) is 19.2. The molecule has 1 aromatic carbocycles. The van der Waals surface area contributed by atoms with E-state index in [1.807, 2.05) is 31.2 Å². The lowest BCUT2D eigenvalue weighted by atomic mass is 9.82. The SMILES string of the molecule is C/C=C1\CC(C(=O)OC)(C(=O)OC)C=C1C1=C(c2ccccc2)CCCC1.